The first-order valence-corrected chi connectivity index (χ1v) is 7.99. The molecule has 0 spiro atoms. The number of imidazole rings is 1. The molecule has 0 aliphatic carbocycles. The van der Waals surface area contributed by atoms with Crippen LogP contribution in [0.15, 0.2) is 55.1 Å². The Kier molecular flexibility index (Phi) is 4.84. The maximum Gasteiger partial charge on any atom is 0.335 e. The summed E-state index contributed by atoms with van der Waals surface area (Å²) in [6.07, 6.45) is 4.40. The van der Waals surface area contributed by atoms with Crippen LogP contribution in [0.4, 0.5) is 0 Å². The Hall–Kier alpha value is -4.47. The molecule has 146 valence electrons. The van der Waals surface area contributed by atoms with E-state index in [0.717, 1.165) is 12.1 Å². The summed E-state index contributed by atoms with van der Waals surface area (Å²) in [6, 6.07) is 7.15. The molecule has 0 amide bonds. The van der Waals surface area contributed by atoms with E-state index in [9.17, 15) is 39.6 Å². The highest BCUT2D eigenvalue weighted by Gasteiger charge is 2.18. The summed E-state index contributed by atoms with van der Waals surface area (Å²) in [6.45, 7) is 0. The number of hydrogen-bond acceptors (Lipinski definition) is 4. The fourth-order valence-corrected chi connectivity index (χ4v) is 2.67. The Bertz CT molecular complexity index is 1020. The molecule has 0 fully saturated rings. The molecule has 4 N–H and O–H groups in total. The minimum atomic E-state index is -1.30. The van der Waals surface area contributed by atoms with Crippen LogP contribution in [0.25, 0.3) is 11.4 Å². The van der Waals surface area contributed by atoms with Gasteiger partial charge in [0, 0.05) is 0 Å². The van der Waals surface area contributed by atoms with Gasteiger partial charge in [0.05, 0.1) is 22.3 Å². The van der Waals surface area contributed by atoms with Crippen molar-refractivity contribution < 1.29 is 44.2 Å². The molecule has 0 radical (unpaired) electrons. The van der Waals surface area contributed by atoms with Crippen LogP contribution in [-0.4, -0.2) is 48.9 Å². The van der Waals surface area contributed by atoms with Crippen molar-refractivity contribution >= 4 is 23.9 Å². The molecule has 0 aliphatic rings. The predicted molar refractivity (Wildman–Crippen MR) is 95.1 cm³/mol. The number of benzene rings is 2. The fourth-order valence-electron chi connectivity index (χ4n) is 2.67. The van der Waals surface area contributed by atoms with Gasteiger partial charge in [0.15, 0.2) is 0 Å². The van der Waals surface area contributed by atoms with E-state index >= 15 is 0 Å². The molecule has 29 heavy (non-hydrogen) atoms. The lowest BCUT2D eigenvalue weighted by Crippen LogP contribution is -2.28. The molecule has 0 unspecified atom stereocenters. The van der Waals surface area contributed by atoms with Crippen LogP contribution in [0, 0.1) is 0 Å². The fraction of sp³-hybridized carbons (Fsp3) is 0. The van der Waals surface area contributed by atoms with E-state index < -0.39 is 23.9 Å². The number of rotatable bonds is 6. The van der Waals surface area contributed by atoms with Gasteiger partial charge in [-0.05, 0) is 36.4 Å². The molecule has 10 nitrogen and oxygen atoms in total. The molecule has 0 aliphatic heterocycles. The Morgan fingerprint density at radius 2 is 1.07 bits per heavy atom. The smallest absolute Gasteiger partial charge is 0.335 e. The standard InChI is InChI=1S/C19H12N2O8/c22-16(23)10-3-11(17(24)25)6-14(5-10)20-1-2-21(9-20)15-7-12(18(26)27)4-13(8-15)19(28)29/h1-9H,(H3-,22,23,24,25,26,27,28,29)/p+1. The van der Waals surface area contributed by atoms with Crippen molar-refractivity contribution in [2.24, 2.45) is 0 Å². The second-order valence-corrected chi connectivity index (χ2v) is 5.99. The number of carboxylic acid groups (broad SMARTS) is 4. The topological polar surface area (TPSA) is 158 Å². The van der Waals surface area contributed by atoms with E-state index in [-0.39, 0.29) is 33.6 Å². The molecule has 10 heteroatoms. The van der Waals surface area contributed by atoms with Gasteiger partial charge in [0.1, 0.15) is 23.8 Å². The highest BCUT2D eigenvalue weighted by molar-refractivity contribution is 5.95. The number of aromatic carboxylic acids is 4. The first kappa shape index (κ1) is 19.3. The zero-order chi connectivity index (χ0) is 21.3. The zero-order valence-corrected chi connectivity index (χ0v) is 14.5. The van der Waals surface area contributed by atoms with Crippen LogP contribution >= 0.6 is 0 Å². The van der Waals surface area contributed by atoms with Crippen molar-refractivity contribution in [2.75, 3.05) is 0 Å². The van der Waals surface area contributed by atoms with Gasteiger partial charge in [-0.25, -0.2) is 28.3 Å². The molecule has 0 saturated heterocycles. The largest absolute Gasteiger partial charge is 0.478 e. The lowest BCUT2D eigenvalue weighted by molar-refractivity contribution is -0.594. The van der Waals surface area contributed by atoms with E-state index in [4.69, 9.17) is 0 Å². The van der Waals surface area contributed by atoms with Gasteiger partial charge in [0.25, 0.3) is 6.33 Å². The number of nitrogens with zero attached hydrogens (tertiary/aromatic N) is 2. The highest BCUT2D eigenvalue weighted by Crippen LogP contribution is 2.16. The first-order valence-electron chi connectivity index (χ1n) is 7.99. The average molecular weight is 397 g/mol. The summed E-state index contributed by atoms with van der Waals surface area (Å²) in [5.74, 6) is -5.19. The summed E-state index contributed by atoms with van der Waals surface area (Å²) in [5.41, 5.74) is -0.396. The minimum absolute atomic E-state index is 0.221. The molecular formula is C19H13N2O8+. The second kappa shape index (κ2) is 7.27. The molecule has 1 aromatic heterocycles. The Balaban J connectivity index is 2.11. The van der Waals surface area contributed by atoms with Crippen LogP contribution in [0.3, 0.4) is 0 Å². The molecular weight excluding hydrogens is 384 g/mol. The van der Waals surface area contributed by atoms with Crippen molar-refractivity contribution in [3.8, 4) is 11.4 Å². The van der Waals surface area contributed by atoms with E-state index in [0.29, 0.717) is 0 Å². The van der Waals surface area contributed by atoms with Gasteiger partial charge in [-0.15, -0.1) is 0 Å². The molecule has 1 heterocycles. The van der Waals surface area contributed by atoms with E-state index in [1.807, 2.05) is 0 Å². The number of hydrogen-bond donors (Lipinski definition) is 4. The Labute approximate surface area is 162 Å². The molecule has 2 aromatic carbocycles. The van der Waals surface area contributed by atoms with E-state index in [1.54, 1.807) is 0 Å². The monoisotopic (exact) mass is 397 g/mol. The highest BCUT2D eigenvalue weighted by atomic mass is 16.4. The minimum Gasteiger partial charge on any atom is -0.478 e. The third kappa shape index (κ3) is 3.95. The summed E-state index contributed by atoms with van der Waals surface area (Å²) in [7, 11) is 0. The van der Waals surface area contributed by atoms with Crippen molar-refractivity contribution in [3.05, 3.63) is 77.4 Å². The van der Waals surface area contributed by atoms with Crippen LogP contribution in [0.5, 0.6) is 0 Å². The summed E-state index contributed by atoms with van der Waals surface area (Å²) in [4.78, 5) is 45.1. The van der Waals surface area contributed by atoms with Crippen LogP contribution in [-0.2, 0) is 0 Å². The number of carboxylic acids is 4. The summed E-state index contributed by atoms with van der Waals surface area (Å²) in [5, 5.41) is 36.8. The van der Waals surface area contributed by atoms with Crippen LogP contribution < -0.4 is 4.57 Å². The van der Waals surface area contributed by atoms with Gasteiger partial charge < -0.3 is 20.4 Å². The molecule has 0 atom stereocenters. The maximum absolute atomic E-state index is 11.3. The third-order valence-electron chi connectivity index (χ3n) is 4.06. The second-order valence-electron chi connectivity index (χ2n) is 5.99. The molecule has 0 bridgehead atoms. The molecule has 3 rings (SSSR count). The Morgan fingerprint density at radius 3 is 1.48 bits per heavy atom. The number of aromatic nitrogens is 2. The number of carbonyl (C=O) groups is 4. The van der Waals surface area contributed by atoms with Crippen molar-refractivity contribution in [1.82, 2.24) is 4.57 Å². The zero-order valence-electron chi connectivity index (χ0n) is 14.5. The van der Waals surface area contributed by atoms with Gasteiger partial charge in [-0.3, -0.25) is 0 Å². The first-order chi connectivity index (χ1) is 13.7. The van der Waals surface area contributed by atoms with Gasteiger partial charge >= 0.3 is 23.9 Å². The van der Waals surface area contributed by atoms with Crippen LogP contribution in [0.1, 0.15) is 41.4 Å². The van der Waals surface area contributed by atoms with Gasteiger partial charge in [-0.1, -0.05) is 0 Å². The maximum atomic E-state index is 11.3. The predicted octanol–water partition coefficient (Wildman–Crippen LogP) is 1.55. The quantitative estimate of drug-likeness (QED) is 0.456. The summed E-state index contributed by atoms with van der Waals surface area (Å²) >= 11 is 0. The Morgan fingerprint density at radius 1 is 0.655 bits per heavy atom. The van der Waals surface area contributed by atoms with Crippen LogP contribution in [0.2, 0.25) is 0 Å². The SMILES string of the molecule is O=C(O)c1cc(C(=O)O)cc(-n2cc[n+](-c3cc(C(=O)O)cc(C(=O)O)c3)c2)c1. The normalized spacial score (nSPS) is 10.5. The van der Waals surface area contributed by atoms with Crippen molar-refractivity contribution in [2.45, 2.75) is 0 Å². The lowest BCUT2D eigenvalue weighted by atomic mass is 10.1. The third-order valence-corrected chi connectivity index (χ3v) is 4.06. The van der Waals surface area contributed by atoms with Crippen molar-refractivity contribution in [1.29, 1.82) is 0 Å². The van der Waals surface area contributed by atoms with Gasteiger partial charge in [-0.2, -0.15) is 0 Å². The lowest BCUT2D eigenvalue weighted by Gasteiger charge is -2.03. The average Bonchev–Trinajstić information content (AvgIpc) is 3.17. The molecule has 3 aromatic rings. The summed E-state index contributed by atoms with van der Waals surface area (Å²) < 4.78 is 2.85. The van der Waals surface area contributed by atoms with Crippen molar-refractivity contribution in [3.63, 3.8) is 0 Å². The van der Waals surface area contributed by atoms with Gasteiger partial charge in [0.2, 0.25) is 0 Å². The van der Waals surface area contributed by atoms with E-state index in [2.05, 4.69) is 0 Å². The molecule has 0 saturated carbocycles. The van der Waals surface area contributed by atoms with E-state index in [1.165, 1.54) is 52.1 Å².